The second kappa shape index (κ2) is 11.0. The van der Waals surface area contributed by atoms with E-state index in [1.807, 2.05) is 0 Å². The third-order valence-electron chi connectivity index (χ3n) is 4.56. The van der Waals surface area contributed by atoms with Crippen molar-refractivity contribution in [3.8, 4) is 5.75 Å². The summed E-state index contributed by atoms with van der Waals surface area (Å²) in [6.45, 7) is -0.792. The molecular weight excluding hydrogens is 470 g/mol. The molecule has 0 spiro atoms. The van der Waals surface area contributed by atoms with E-state index >= 15 is 0 Å². The van der Waals surface area contributed by atoms with E-state index in [1.165, 1.54) is 37.6 Å². The molecule has 0 atom stereocenters. The number of hydrogen-bond acceptors (Lipinski definition) is 6. The highest BCUT2D eigenvalue weighted by Gasteiger charge is 2.24. The standard InChI is InChI=1S/C22H22ClN3O6S/c1-31-20-7-3-2-6-19(20)26(15-21(27)24-13-17-5-4-12-32-17)22(28)14-25-33(29,30)18-10-8-16(23)9-11-18/h2-12,25H,13-15H2,1H3,(H,24,27). The third kappa shape index (κ3) is 6.58. The van der Waals surface area contributed by atoms with Crippen molar-refractivity contribution in [2.24, 2.45) is 0 Å². The van der Waals surface area contributed by atoms with Gasteiger partial charge in [-0.05, 0) is 48.5 Å². The van der Waals surface area contributed by atoms with Crippen molar-refractivity contribution < 1.29 is 27.2 Å². The van der Waals surface area contributed by atoms with Crippen LogP contribution in [-0.4, -0.2) is 40.4 Å². The normalized spacial score (nSPS) is 11.1. The Labute approximate surface area is 196 Å². The van der Waals surface area contributed by atoms with E-state index in [9.17, 15) is 18.0 Å². The van der Waals surface area contributed by atoms with Gasteiger partial charge >= 0.3 is 0 Å². The second-order valence-corrected chi connectivity index (χ2v) is 8.99. The van der Waals surface area contributed by atoms with Gasteiger partial charge in [0.25, 0.3) is 0 Å². The molecule has 0 fully saturated rings. The maximum absolute atomic E-state index is 13.0. The molecule has 0 bridgehead atoms. The Morgan fingerprint density at radius 1 is 1.06 bits per heavy atom. The fourth-order valence-electron chi connectivity index (χ4n) is 2.91. The quantitative estimate of drug-likeness (QED) is 0.450. The molecule has 3 rings (SSSR count). The molecule has 11 heteroatoms. The van der Waals surface area contributed by atoms with Gasteiger partial charge in [0.05, 0.1) is 37.0 Å². The molecule has 0 radical (unpaired) electrons. The third-order valence-corrected chi connectivity index (χ3v) is 6.23. The number of amides is 2. The summed E-state index contributed by atoms with van der Waals surface area (Å²) in [6.07, 6.45) is 1.49. The number of methoxy groups -OCH3 is 1. The van der Waals surface area contributed by atoms with Gasteiger partial charge < -0.3 is 14.5 Å². The Morgan fingerprint density at radius 3 is 2.45 bits per heavy atom. The number of anilines is 1. The Balaban J connectivity index is 1.75. The molecule has 0 aliphatic heterocycles. The number of rotatable bonds is 10. The predicted molar refractivity (Wildman–Crippen MR) is 123 cm³/mol. The van der Waals surface area contributed by atoms with Crippen LogP contribution in [0, 0.1) is 0 Å². The summed E-state index contributed by atoms with van der Waals surface area (Å²) in [5.74, 6) is -0.212. The molecule has 2 amide bonds. The number of furan rings is 1. The minimum atomic E-state index is -3.97. The highest BCUT2D eigenvalue weighted by molar-refractivity contribution is 7.89. The summed E-state index contributed by atoms with van der Waals surface area (Å²) in [5.41, 5.74) is 0.323. The average molecular weight is 492 g/mol. The molecular formula is C22H22ClN3O6S. The van der Waals surface area contributed by atoms with Crippen LogP contribution in [-0.2, 0) is 26.2 Å². The predicted octanol–water partition coefficient (Wildman–Crippen LogP) is 2.57. The van der Waals surface area contributed by atoms with Gasteiger partial charge in [-0.2, -0.15) is 0 Å². The molecule has 2 N–H and O–H groups in total. The monoisotopic (exact) mass is 491 g/mol. The number of para-hydroxylation sites is 2. The number of nitrogens with one attached hydrogen (secondary N) is 2. The molecule has 9 nitrogen and oxygen atoms in total. The minimum absolute atomic E-state index is 0.0419. The highest BCUT2D eigenvalue weighted by Crippen LogP contribution is 2.27. The van der Waals surface area contributed by atoms with Crippen molar-refractivity contribution >= 4 is 39.1 Å². The lowest BCUT2D eigenvalue weighted by Gasteiger charge is -2.24. The molecule has 2 aromatic carbocycles. The first kappa shape index (κ1) is 24.3. The lowest BCUT2D eigenvalue weighted by atomic mass is 10.2. The number of benzene rings is 2. The van der Waals surface area contributed by atoms with E-state index in [1.54, 1.807) is 36.4 Å². The van der Waals surface area contributed by atoms with E-state index in [-0.39, 0.29) is 18.0 Å². The zero-order chi connectivity index (χ0) is 23.8. The molecule has 1 aromatic heterocycles. The van der Waals surface area contributed by atoms with Crippen molar-refractivity contribution in [1.29, 1.82) is 0 Å². The summed E-state index contributed by atoms with van der Waals surface area (Å²) in [6, 6.07) is 15.5. The van der Waals surface area contributed by atoms with Crippen LogP contribution < -0.4 is 19.7 Å². The maximum atomic E-state index is 13.0. The first-order valence-electron chi connectivity index (χ1n) is 9.78. The lowest BCUT2D eigenvalue weighted by molar-refractivity contribution is -0.123. The number of sulfonamides is 1. The fraction of sp³-hybridized carbons (Fsp3) is 0.182. The van der Waals surface area contributed by atoms with Gasteiger partial charge in [-0.15, -0.1) is 0 Å². The van der Waals surface area contributed by atoms with E-state index in [0.29, 0.717) is 22.2 Å². The van der Waals surface area contributed by atoms with E-state index in [4.69, 9.17) is 20.8 Å². The molecule has 1 heterocycles. The van der Waals surface area contributed by atoms with Crippen LogP contribution in [0.25, 0.3) is 0 Å². The van der Waals surface area contributed by atoms with E-state index in [0.717, 1.165) is 4.90 Å². The van der Waals surface area contributed by atoms with Crippen LogP contribution in [0.5, 0.6) is 5.75 Å². The lowest BCUT2D eigenvalue weighted by Crippen LogP contribution is -2.45. The average Bonchev–Trinajstić information content (AvgIpc) is 3.34. The molecule has 0 aliphatic carbocycles. The number of carbonyl (C=O) groups excluding carboxylic acids is 2. The van der Waals surface area contributed by atoms with Gasteiger partial charge in [-0.3, -0.25) is 14.5 Å². The van der Waals surface area contributed by atoms with Crippen molar-refractivity contribution in [2.45, 2.75) is 11.4 Å². The van der Waals surface area contributed by atoms with E-state index < -0.39 is 28.4 Å². The first-order valence-corrected chi connectivity index (χ1v) is 11.6. The largest absolute Gasteiger partial charge is 0.495 e. The summed E-state index contributed by atoms with van der Waals surface area (Å²) in [4.78, 5) is 26.7. The van der Waals surface area contributed by atoms with Crippen LogP contribution in [0.1, 0.15) is 5.76 Å². The Bertz CT molecular complexity index is 1200. The fourth-order valence-corrected chi connectivity index (χ4v) is 4.01. The number of halogens is 1. The minimum Gasteiger partial charge on any atom is -0.495 e. The van der Waals surface area contributed by atoms with Crippen LogP contribution in [0.15, 0.2) is 76.2 Å². The summed E-state index contributed by atoms with van der Waals surface area (Å²) in [7, 11) is -2.54. The molecule has 174 valence electrons. The molecule has 33 heavy (non-hydrogen) atoms. The van der Waals surface area contributed by atoms with Crippen molar-refractivity contribution in [3.05, 3.63) is 77.7 Å². The molecule has 0 saturated carbocycles. The van der Waals surface area contributed by atoms with Gasteiger partial charge in [0, 0.05) is 5.02 Å². The number of carbonyl (C=O) groups is 2. The topological polar surface area (TPSA) is 118 Å². The molecule has 0 aliphatic rings. The van der Waals surface area contributed by atoms with Gasteiger partial charge in [0.1, 0.15) is 18.1 Å². The zero-order valence-electron chi connectivity index (χ0n) is 17.7. The zero-order valence-corrected chi connectivity index (χ0v) is 19.2. The maximum Gasteiger partial charge on any atom is 0.242 e. The first-order chi connectivity index (χ1) is 15.8. The van der Waals surface area contributed by atoms with Crippen molar-refractivity contribution in [3.63, 3.8) is 0 Å². The van der Waals surface area contributed by atoms with Crippen LogP contribution >= 0.6 is 11.6 Å². The van der Waals surface area contributed by atoms with Gasteiger partial charge in [0.2, 0.25) is 21.8 Å². The van der Waals surface area contributed by atoms with Gasteiger partial charge in [-0.25, -0.2) is 13.1 Å². The molecule has 0 saturated heterocycles. The Kier molecular flexibility index (Phi) is 8.10. The van der Waals surface area contributed by atoms with Crippen molar-refractivity contribution in [2.75, 3.05) is 25.1 Å². The number of hydrogen-bond donors (Lipinski definition) is 2. The Hall–Kier alpha value is -3.34. The SMILES string of the molecule is COc1ccccc1N(CC(=O)NCc1ccco1)C(=O)CNS(=O)(=O)c1ccc(Cl)cc1. The number of ether oxygens (including phenoxy) is 1. The second-order valence-electron chi connectivity index (χ2n) is 6.79. The summed E-state index contributed by atoms with van der Waals surface area (Å²) in [5, 5.41) is 3.04. The van der Waals surface area contributed by atoms with Gasteiger partial charge in [0.15, 0.2) is 0 Å². The van der Waals surface area contributed by atoms with Gasteiger partial charge in [-0.1, -0.05) is 23.7 Å². The molecule has 0 unspecified atom stereocenters. The van der Waals surface area contributed by atoms with Crippen LogP contribution in [0.4, 0.5) is 5.69 Å². The van der Waals surface area contributed by atoms with E-state index in [2.05, 4.69) is 10.0 Å². The summed E-state index contributed by atoms with van der Waals surface area (Å²) >= 11 is 5.80. The Morgan fingerprint density at radius 2 is 1.79 bits per heavy atom. The summed E-state index contributed by atoms with van der Waals surface area (Å²) < 4.78 is 37.8. The smallest absolute Gasteiger partial charge is 0.242 e. The van der Waals surface area contributed by atoms with Crippen LogP contribution in [0.2, 0.25) is 5.02 Å². The van der Waals surface area contributed by atoms with Crippen LogP contribution in [0.3, 0.4) is 0 Å². The molecule has 3 aromatic rings. The van der Waals surface area contributed by atoms with Crippen molar-refractivity contribution in [1.82, 2.24) is 10.0 Å². The highest BCUT2D eigenvalue weighted by atomic mass is 35.5. The number of nitrogens with zero attached hydrogens (tertiary/aromatic N) is 1.